The second-order valence-corrected chi connectivity index (χ2v) is 8.22. The lowest BCUT2D eigenvalue weighted by Gasteiger charge is -2.30. The molecule has 0 saturated carbocycles. The van der Waals surface area contributed by atoms with Crippen molar-refractivity contribution in [1.82, 2.24) is 10.2 Å². The summed E-state index contributed by atoms with van der Waals surface area (Å²) in [6.07, 6.45) is -2.32. The Labute approximate surface area is 203 Å². The molecule has 0 aliphatic heterocycles. The van der Waals surface area contributed by atoms with Gasteiger partial charge in [0.05, 0.1) is 22.7 Å². The third kappa shape index (κ3) is 4.86. The molecular weight excluding hydrogens is 479 g/mol. The molecule has 4 aromatic rings. The van der Waals surface area contributed by atoms with Crippen molar-refractivity contribution < 1.29 is 31.5 Å². The lowest BCUT2D eigenvalue weighted by atomic mass is 9.74. The first-order chi connectivity index (χ1) is 17.1. The predicted octanol–water partition coefficient (Wildman–Crippen LogP) is 7.28. The number of alkyl halides is 3. The van der Waals surface area contributed by atoms with Crippen molar-refractivity contribution in [1.29, 1.82) is 0 Å². The molecular formula is C27H21F5N2O2. The van der Waals surface area contributed by atoms with Crippen molar-refractivity contribution >= 4 is 16.9 Å². The third-order valence-electron chi connectivity index (χ3n) is 6.11. The van der Waals surface area contributed by atoms with Crippen LogP contribution >= 0.6 is 0 Å². The van der Waals surface area contributed by atoms with Gasteiger partial charge in [0.1, 0.15) is 17.4 Å². The minimum Gasteiger partial charge on any atom is -0.423 e. The number of esters is 1. The van der Waals surface area contributed by atoms with Gasteiger partial charge >= 0.3 is 12.1 Å². The van der Waals surface area contributed by atoms with Gasteiger partial charge in [-0.3, -0.25) is 5.10 Å². The number of aromatic amines is 1. The molecule has 36 heavy (non-hydrogen) atoms. The van der Waals surface area contributed by atoms with Gasteiger partial charge in [-0.05, 0) is 59.4 Å². The quantitative estimate of drug-likeness (QED) is 0.126. The molecule has 1 aromatic heterocycles. The van der Waals surface area contributed by atoms with E-state index < -0.39 is 41.2 Å². The molecule has 1 heterocycles. The largest absolute Gasteiger partial charge is 0.423 e. The second-order valence-electron chi connectivity index (χ2n) is 8.22. The van der Waals surface area contributed by atoms with E-state index in [9.17, 15) is 22.4 Å². The lowest BCUT2D eigenvalue weighted by molar-refractivity contribution is -0.138. The van der Waals surface area contributed by atoms with Gasteiger partial charge in [-0.15, -0.1) is 0 Å². The summed E-state index contributed by atoms with van der Waals surface area (Å²) >= 11 is 0. The van der Waals surface area contributed by atoms with Crippen LogP contribution in [0.3, 0.4) is 0 Å². The third-order valence-corrected chi connectivity index (χ3v) is 6.11. The van der Waals surface area contributed by atoms with E-state index in [1.54, 1.807) is 25.1 Å². The molecule has 0 saturated heterocycles. The van der Waals surface area contributed by atoms with E-state index in [2.05, 4.69) is 16.8 Å². The van der Waals surface area contributed by atoms with Crippen molar-refractivity contribution in [2.45, 2.75) is 31.4 Å². The molecule has 0 fully saturated rings. The van der Waals surface area contributed by atoms with Crippen LogP contribution in [0.25, 0.3) is 10.9 Å². The number of H-pyrrole nitrogens is 1. The number of carbonyl (C=O) groups is 1. The number of rotatable bonds is 7. The average Bonchev–Trinajstić information content (AvgIpc) is 3.33. The Hall–Kier alpha value is -4.01. The SMILES string of the molecule is C=CC(=O)Oc1ccc(C(c2ccc3[nH]ncc3c2F)C(CC)c2ccc(F)cc2C(F)(F)F)cc1. The van der Waals surface area contributed by atoms with E-state index in [4.69, 9.17) is 4.74 Å². The molecule has 4 rings (SSSR count). The van der Waals surface area contributed by atoms with Crippen molar-refractivity contribution in [3.05, 3.63) is 107 Å². The second kappa shape index (κ2) is 9.93. The summed E-state index contributed by atoms with van der Waals surface area (Å²) in [5, 5.41) is 6.71. The maximum Gasteiger partial charge on any atom is 0.416 e. The monoisotopic (exact) mass is 500 g/mol. The minimum atomic E-state index is -4.81. The molecule has 186 valence electrons. The molecule has 0 bridgehead atoms. The zero-order valence-electron chi connectivity index (χ0n) is 19.1. The highest BCUT2D eigenvalue weighted by atomic mass is 19.4. The Morgan fingerprint density at radius 2 is 1.78 bits per heavy atom. The van der Waals surface area contributed by atoms with E-state index in [1.807, 2.05) is 0 Å². The number of carbonyl (C=O) groups excluding carboxylic acids is 1. The number of ether oxygens (including phenoxy) is 1. The summed E-state index contributed by atoms with van der Waals surface area (Å²) in [4.78, 5) is 11.5. The molecule has 4 nitrogen and oxygen atoms in total. The highest BCUT2D eigenvalue weighted by Crippen LogP contribution is 2.46. The summed E-state index contributed by atoms with van der Waals surface area (Å²) in [6, 6.07) is 11.7. The highest BCUT2D eigenvalue weighted by molar-refractivity contribution is 5.83. The van der Waals surface area contributed by atoms with Crippen LogP contribution in [0.2, 0.25) is 0 Å². The van der Waals surface area contributed by atoms with Crippen LogP contribution < -0.4 is 4.74 Å². The average molecular weight is 500 g/mol. The number of halogens is 5. The van der Waals surface area contributed by atoms with Gasteiger partial charge in [0, 0.05) is 12.0 Å². The Morgan fingerprint density at radius 3 is 2.42 bits per heavy atom. The number of nitrogens with one attached hydrogen (secondary N) is 1. The number of aromatic nitrogens is 2. The molecule has 3 aromatic carbocycles. The fraction of sp³-hybridized carbons (Fsp3) is 0.185. The molecule has 0 aliphatic carbocycles. The Bertz CT molecular complexity index is 1410. The van der Waals surface area contributed by atoms with Gasteiger partial charge in [0.25, 0.3) is 0 Å². The first-order valence-electron chi connectivity index (χ1n) is 11.1. The van der Waals surface area contributed by atoms with Gasteiger partial charge in [0.15, 0.2) is 0 Å². The van der Waals surface area contributed by atoms with Crippen LogP contribution in [0.5, 0.6) is 5.75 Å². The summed E-state index contributed by atoms with van der Waals surface area (Å²) < 4.78 is 76.5. The van der Waals surface area contributed by atoms with Gasteiger partial charge in [-0.1, -0.05) is 37.8 Å². The molecule has 2 atom stereocenters. The van der Waals surface area contributed by atoms with Crippen molar-refractivity contribution in [2.24, 2.45) is 0 Å². The van der Waals surface area contributed by atoms with Crippen molar-refractivity contribution in [2.75, 3.05) is 0 Å². The van der Waals surface area contributed by atoms with Crippen LogP contribution in [-0.2, 0) is 11.0 Å². The predicted molar refractivity (Wildman–Crippen MR) is 125 cm³/mol. The van der Waals surface area contributed by atoms with E-state index in [-0.39, 0.29) is 28.7 Å². The fourth-order valence-electron chi connectivity index (χ4n) is 4.50. The standard InChI is InChI=1S/C27H21F5N2O2/c1-3-18(19-10-7-16(28)13-22(19)27(30,31)32)25(15-5-8-17(9-6-15)36-24(35)4-2)20-11-12-23-21(26(20)29)14-33-34-23/h4-14,18,25H,2-3H2,1H3,(H,33,34). The van der Waals surface area contributed by atoms with E-state index >= 15 is 4.39 Å². The molecule has 0 amide bonds. The van der Waals surface area contributed by atoms with E-state index in [1.165, 1.54) is 24.4 Å². The highest BCUT2D eigenvalue weighted by Gasteiger charge is 2.38. The Kier molecular flexibility index (Phi) is 6.92. The van der Waals surface area contributed by atoms with Crippen LogP contribution in [0.15, 0.2) is 73.4 Å². The fourth-order valence-corrected chi connectivity index (χ4v) is 4.50. The van der Waals surface area contributed by atoms with Crippen LogP contribution in [0.1, 0.15) is 47.4 Å². The van der Waals surface area contributed by atoms with E-state index in [0.29, 0.717) is 17.1 Å². The number of fused-ring (bicyclic) bond motifs is 1. The number of hydrogen-bond acceptors (Lipinski definition) is 3. The normalized spacial score (nSPS) is 13.4. The van der Waals surface area contributed by atoms with Crippen LogP contribution in [0, 0.1) is 11.6 Å². The smallest absolute Gasteiger partial charge is 0.416 e. The van der Waals surface area contributed by atoms with Gasteiger partial charge in [-0.25, -0.2) is 13.6 Å². The maximum atomic E-state index is 15.7. The Morgan fingerprint density at radius 1 is 1.08 bits per heavy atom. The molecule has 0 aliphatic rings. The number of benzene rings is 3. The van der Waals surface area contributed by atoms with Crippen LogP contribution in [0.4, 0.5) is 22.0 Å². The van der Waals surface area contributed by atoms with Crippen molar-refractivity contribution in [3.8, 4) is 5.75 Å². The molecule has 2 unspecified atom stereocenters. The zero-order chi connectivity index (χ0) is 26.0. The van der Waals surface area contributed by atoms with Gasteiger partial charge < -0.3 is 4.74 Å². The maximum absolute atomic E-state index is 15.7. The zero-order valence-corrected chi connectivity index (χ0v) is 19.1. The summed E-state index contributed by atoms with van der Waals surface area (Å²) in [6.45, 7) is 5.02. The summed E-state index contributed by atoms with van der Waals surface area (Å²) in [7, 11) is 0. The molecule has 0 spiro atoms. The summed E-state index contributed by atoms with van der Waals surface area (Å²) in [5.74, 6) is -3.88. The van der Waals surface area contributed by atoms with Crippen molar-refractivity contribution in [3.63, 3.8) is 0 Å². The molecule has 1 N–H and O–H groups in total. The minimum absolute atomic E-state index is 0.148. The van der Waals surface area contributed by atoms with Gasteiger partial charge in [-0.2, -0.15) is 18.3 Å². The first-order valence-corrected chi connectivity index (χ1v) is 11.1. The van der Waals surface area contributed by atoms with Crippen LogP contribution in [-0.4, -0.2) is 16.2 Å². The Balaban J connectivity index is 1.92. The molecule has 0 radical (unpaired) electrons. The van der Waals surface area contributed by atoms with Gasteiger partial charge in [0.2, 0.25) is 0 Å². The lowest BCUT2D eigenvalue weighted by Crippen LogP contribution is -2.19. The first kappa shape index (κ1) is 25.1. The topological polar surface area (TPSA) is 55.0 Å². The number of nitrogens with zero attached hydrogens (tertiary/aromatic N) is 1. The van der Waals surface area contributed by atoms with E-state index in [0.717, 1.165) is 18.2 Å². The number of hydrogen-bond donors (Lipinski definition) is 1. The summed E-state index contributed by atoms with van der Waals surface area (Å²) in [5.41, 5.74) is -0.179. The molecule has 9 heteroatoms.